The highest BCUT2D eigenvalue weighted by molar-refractivity contribution is 7.90. The summed E-state index contributed by atoms with van der Waals surface area (Å²) in [6.45, 7) is 3.41. The summed E-state index contributed by atoms with van der Waals surface area (Å²) in [5, 5.41) is 0. The fraction of sp³-hybridized carbons (Fsp3) is 1.00. The van der Waals surface area contributed by atoms with Gasteiger partial charge in [0, 0.05) is 13.4 Å². The number of fused-ring (bicyclic) bond motifs is 1. The second-order valence-electron chi connectivity index (χ2n) is 5.32. The van der Waals surface area contributed by atoms with Gasteiger partial charge in [-0.1, -0.05) is 0 Å². The summed E-state index contributed by atoms with van der Waals surface area (Å²) in [6.07, 6.45) is -1.51. The Balaban J connectivity index is 2.06. The fourth-order valence-corrected chi connectivity index (χ4v) is 3.11. The van der Waals surface area contributed by atoms with Crippen molar-refractivity contribution >= 4 is 9.84 Å². The van der Waals surface area contributed by atoms with Gasteiger partial charge in [0.15, 0.2) is 25.0 Å². The van der Waals surface area contributed by atoms with Gasteiger partial charge in [0.2, 0.25) is 0 Å². The molecule has 9 heteroatoms. The molecule has 0 N–H and O–H groups in total. The molecule has 0 aliphatic carbocycles. The van der Waals surface area contributed by atoms with E-state index in [1.807, 2.05) is 0 Å². The molecule has 0 aromatic rings. The minimum absolute atomic E-state index is 0.0796. The molecule has 2 saturated heterocycles. The Labute approximate surface area is 118 Å². The largest absolute Gasteiger partial charge is 0.355 e. The van der Waals surface area contributed by atoms with E-state index in [1.54, 1.807) is 13.8 Å². The molecule has 2 fully saturated rings. The van der Waals surface area contributed by atoms with E-state index < -0.39 is 40.2 Å². The second kappa shape index (κ2) is 5.84. The van der Waals surface area contributed by atoms with Crippen LogP contribution in [0.25, 0.3) is 0 Å². The van der Waals surface area contributed by atoms with Crippen molar-refractivity contribution in [3.63, 3.8) is 0 Å². The van der Waals surface area contributed by atoms with Crippen LogP contribution in [0.2, 0.25) is 0 Å². The predicted molar refractivity (Wildman–Crippen MR) is 66.2 cm³/mol. The smallest absolute Gasteiger partial charge is 0.190 e. The van der Waals surface area contributed by atoms with Gasteiger partial charge >= 0.3 is 0 Å². The first-order valence-electron chi connectivity index (χ1n) is 6.18. The van der Waals surface area contributed by atoms with Crippen LogP contribution in [-0.4, -0.2) is 64.7 Å². The Kier molecular flexibility index (Phi) is 4.69. The zero-order chi connectivity index (χ0) is 15.0. The number of hydrogen-bond donors (Lipinski definition) is 0. The minimum atomic E-state index is -3.23. The van der Waals surface area contributed by atoms with Crippen molar-refractivity contribution in [2.24, 2.45) is 0 Å². The molecule has 0 amide bonds. The lowest BCUT2D eigenvalue weighted by molar-refractivity contribution is -0.373. The van der Waals surface area contributed by atoms with Crippen LogP contribution in [0.4, 0.5) is 0 Å². The molecule has 0 saturated carbocycles. The topological polar surface area (TPSA) is 89.5 Å². The molecular weight excluding hydrogens is 292 g/mol. The maximum absolute atomic E-state index is 11.4. The molecule has 0 aromatic carbocycles. The molecule has 20 heavy (non-hydrogen) atoms. The molecule has 0 spiro atoms. The van der Waals surface area contributed by atoms with Gasteiger partial charge in [0.1, 0.15) is 22.0 Å². The van der Waals surface area contributed by atoms with Crippen LogP contribution in [0, 0.1) is 0 Å². The van der Waals surface area contributed by atoms with Gasteiger partial charge in [-0.15, -0.1) is 0 Å². The monoisotopic (exact) mass is 312 g/mol. The molecule has 118 valence electrons. The molecule has 8 nitrogen and oxygen atoms in total. The molecule has 2 aliphatic heterocycles. The Bertz CT molecular complexity index is 434. The van der Waals surface area contributed by atoms with Gasteiger partial charge in [-0.25, -0.2) is 18.2 Å². The normalized spacial score (nSPS) is 36.2. The molecule has 2 aliphatic rings. The Hall–Kier alpha value is -0.290. The summed E-state index contributed by atoms with van der Waals surface area (Å²) in [5.74, 6) is -1.01. The van der Waals surface area contributed by atoms with Gasteiger partial charge in [-0.05, 0) is 13.8 Å². The minimum Gasteiger partial charge on any atom is -0.355 e. The zero-order valence-electron chi connectivity index (χ0n) is 11.9. The lowest BCUT2D eigenvalue weighted by atomic mass is 10.1. The van der Waals surface area contributed by atoms with Crippen molar-refractivity contribution in [1.29, 1.82) is 0 Å². The van der Waals surface area contributed by atoms with Gasteiger partial charge in [0.25, 0.3) is 0 Å². The first-order valence-corrected chi connectivity index (χ1v) is 8.24. The molecule has 0 radical (unpaired) electrons. The van der Waals surface area contributed by atoms with Crippen LogP contribution in [0.15, 0.2) is 0 Å². The lowest BCUT2D eigenvalue weighted by Gasteiger charge is -2.24. The van der Waals surface area contributed by atoms with E-state index in [2.05, 4.69) is 0 Å². The third-order valence-corrected chi connectivity index (χ3v) is 3.83. The van der Waals surface area contributed by atoms with E-state index in [1.165, 1.54) is 7.11 Å². The maximum atomic E-state index is 11.4. The summed E-state index contributed by atoms with van der Waals surface area (Å²) in [4.78, 5) is 10.0. The molecule has 0 unspecified atom stereocenters. The fourth-order valence-electron chi connectivity index (χ4n) is 2.25. The number of methoxy groups -OCH3 is 1. The van der Waals surface area contributed by atoms with Crippen LogP contribution in [0.3, 0.4) is 0 Å². The highest BCUT2D eigenvalue weighted by Crippen LogP contribution is 2.39. The maximum Gasteiger partial charge on any atom is 0.190 e. The SMILES string of the molecule is COCOO[C@@H]1[C@H]2OC(C)(C)O[C@H]2O[C@@H]1CS(C)(=O)=O. The molecule has 0 bridgehead atoms. The van der Waals surface area contributed by atoms with E-state index >= 15 is 0 Å². The molecule has 0 aromatic heterocycles. The van der Waals surface area contributed by atoms with Gasteiger partial charge in [0.05, 0.1) is 5.75 Å². The summed E-state index contributed by atoms with van der Waals surface area (Å²) in [6, 6.07) is 0. The number of rotatable bonds is 6. The van der Waals surface area contributed by atoms with Crippen LogP contribution in [0.1, 0.15) is 13.8 Å². The van der Waals surface area contributed by atoms with E-state index in [0.29, 0.717) is 0 Å². The average molecular weight is 312 g/mol. The van der Waals surface area contributed by atoms with Gasteiger partial charge in [-0.2, -0.15) is 0 Å². The second-order valence-corrected chi connectivity index (χ2v) is 7.51. The van der Waals surface area contributed by atoms with E-state index in [-0.39, 0.29) is 12.5 Å². The first kappa shape index (κ1) is 16.1. The lowest BCUT2D eigenvalue weighted by Crippen LogP contribution is -2.40. The van der Waals surface area contributed by atoms with Gasteiger partial charge in [-0.3, -0.25) is 0 Å². The van der Waals surface area contributed by atoms with E-state index in [9.17, 15) is 8.42 Å². The number of ether oxygens (including phenoxy) is 4. The summed E-state index contributed by atoms with van der Waals surface area (Å²) < 4.78 is 44.4. The van der Waals surface area contributed by atoms with Crippen molar-refractivity contribution in [3.8, 4) is 0 Å². The quantitative estimate of drug-likeness (QED) is 0.289. The van der Waals surface area contributed by atoms with Crippen LogP contribution in [-0.2, 0) is 38.6 Å². The van der Waals surface area contributed by atoms with Crippen molar-refractivity contribution in [1.82, 2.24) is 0 Å². The first-order chi connectivity index (χ1) is 9.22. The van der Waals surface area contributed by atoms with Crippen molar-refractivity contribution in [2.75, 3.05) is 25.9 Å². The van der Waals surface area contributed by atoms with Crippen molar-refractivity contribution < 1.29 is 37.1 Å². The molecule has 2 rings (SSSR count). The average Bonchev–Trinajstić information content (AvgIpc) is 2.70. The summed E-state index contributed by atoms with van der Waals surface area (Å²) >= 11 is 0. The third-order valence-electron chi connectivity index (χ3n) is 2.90. The van der Waals surface area contributed by atoms with Crippen molar-refractivity contribution in [2.45, 2.75) is 44.2 Å². The number of hydrogen-bond acceptors (Lipinski definition) is 8. The number of sulfone groups is 1. The molecule has 4 atom stereocenters. The highest BCUT2D eigenvalue weighted by Gasteiger charge is 2.56. The Morgan fingerprint density at radius 2 is 1.95 bits per heavy atom. The Morgan fingerprint density at radius 3 is 2.55 bits per heavy atom. The van der Waals surface area contributed by atoms with Crippen LogP contribution < -0.4 is 0 Å². The third kappa shape index (κ3) is 3.88. The van der Waals surface area contributed by atoms with Gasteiger partial charge < -0.3 is 18.9 Å². The predicted octanol–water partition coefficient (Wildman–Crippen LogP) is -0.172. The van der Waals surface area contributed by atoms with E-state index in [4.69, 9.17) is 28.7 Å². The summed E-state index contributed by atoms with van der Waals surface area (Å²) in [5.41, 5.74) is 0. The molecular formula is C11H20O8S. The van der Waals surface area contributed by atoms with Crippen LogP contribution >= 0.6 is 0 Å². The Morgan fingerprint density at radius 1 is 1.25 bits per heavy atom. The summed E-state index contributed by atoms with van der Waals surface area (Å²) in [7, 11) is -1.79. The van der Waals surface area contributed by atoms with Crippen LogP contribution in [0.5, 0.6) is 0 Å². The van der Waals surface area contributed by atoms with E-state index in [0.717, 1.165) is 6.26 Å². The van der Waals surface area contributed by atoms with Crippen molar-refractivity contribution in [3.05, 3.63) is 0 Å². The zero-order valence-corrected chi connectivity index (χ0v) is 12.7. The highest BCUT2D eigenvalue weighted by atomic mass is 32.2. The molecule has 2 heterocycles. The standard InChI is InChI=1S/C11H20O8S/c1-11(2)17-9-8(19-15-6-14-3)7(5-20(4,12)13)16-10(9)18-11/h7-10H,5-6H2,1-4H3/t7-,8+,9-,10-/m1/s1.